The third-order valence-electron chi connectivity index (χ3n) is 4.96. The lowest BCUT2D eigenvalue weighted by Gasteiger charge is -2.24. The number of para-hydroxylation sites is 1. The number of rotatable bonds is 3. The zero-order valence-corrected chi connectivity index (χ0v) is 17.4. The summed E-state index contributed by atoms with van der Waals surface area (Å²) in [6, 6.07) is 20.9. The van der Waals surface area contributed by atoms with Crippen LogP contribution in [0.2, 0.25) is 0 Å². The summed E-state index contributed by atoms with van der Waals surface area (Å²) in [7, 11) is 0. The Balaban J connectivity index is 1.60. The quantitative estimate of drug-likeness (QED) is 0.560. The van der Waals surface area contributed by atoms with Gasteiger partial charge in [0, 0.05) is 16.9 Å². The predicted molar refractivity (Wildman–Crippen MR) is 123 cm³/mol. The van der Waals surface area contributed by atoms with Crippen molar-refractivity contribution in [2.75, 3.05) is 0 Å². The zero-order valence-electron chi connectivity index (χ0n) is 15.8. The number of aromatic hydroxyl groups is 1. The Labute approximate surface area is 182 Å². The predicted octanol–water partition coefficient (Wildman–Crippen LogP) is 5.91. The van der Waals surface area contributed by atoms with Crippen molar-refractivity contribution in [3.63, 3.8) is 0 Å². The first kappa shape index (κ1) is 18.8. The van der Waals surface area contributed by atoms with Gasteiger partial charge in [0.1, 0.15) is 5.75 Å². The molecule has 1 aromatic heterocycles. The number of aliphatic imine (C=N–C) groups is 1. The van der Waals surface area contributed by atoms with E-state index in [0.29, 0.717) is 12.3 Å². The van der Waals surface area contributed by atoms with Crippen LogP contribution in [0.4, 0.5) is 4.79 Å². The summed E-state index contributed by atoms with van der Waals surface area (Å²) in [5.74, 6) is 0.732. The Bertz CT molecular complexity index is 1180. The van der Waals surface area contributed by atoms with Crippen LogP contribution in [0.15, 0.2) is 87.1 Å². The van der Waals surface area contributed by atoms with Crippen LogP contribution in [0.25, 0.3) is 6.08 Å². The van der Waals surface area contributed by atoms with E-state index >= 15 is 0 Å². The first-order chi connectivity index (χ1) is 14.7. The standard InChI is InChI=1S/C23H17N3O2S2/c27-20-11-5-4-10-17(20)19-14-18(15-7-2-1-3-8-15)25-26(19)22-21(30-23(28)24-22)13-16-9-6-12-29-16/h1-13,19,27H,14H2/b21-13-. The van der Waals surface area contributed by atoms with Crippen molar-refractivity contribution in [1.29, 1.82) is 0 Å². The fraction of sp³-hybridized carbons (Fsp3) is 0.0870. The largest absolute Gasteiger partial charge is 0.508 e. The van der Waals surface area contributed by atoms with Gasteiger partial charge in [-0.05, 0) is 40.9 Å². The van der Waals surface area contributed by atoms with Crippen molar-refractivity contribution in [3.05, 3.63) is 93.0 Å². The number of nitrogens with zero attached hydrogens (tertiary/aromatic N) is 3. The molecule has 1 unspecified atom stereocenters. The number of benzene rings is 2. The Hall–Kier alpha value is -3.16. The number of carbonyl (C=O) groups excluding carboxylic acids is 1. The normalized spacial score (nSPS) is 20.0. The molecule has 3 heterocycles. The van der Waals surface area contributed by atoms with E-state index in [-0.39, 0.29) is 17.0 Å². The van der Waals surface area contributed by atoms with Crippen molar-refractivity contribution in [2.45, 2.75) is 12.5 Å². The number of thiophene rings is 1. The average Bonchev–Trinajstić information content (AvgIpc) is 3.49. The SMILES string of the molecule is O=C1N=C(N2N=C(c3ccccc3)CC2c2ccccc2O)/C(=C/c2cccs2)S1. The smallest absolute Gasteiger partial charge is 0.311 e. The molecule has 0 fully saturated rings. The van der Waals surface area contributed by atoms with Crippen LogP contribution in [-0.2, 0) is 0 Å². The number of hydrogen-bond acceptors (Lipinski definition) is 6. The van der Waals surface area contributed by atoms with Crippen LogP contribution in [0.3, 0.4) is 0 Å². The highest BCUT2D eigenvalue weighted by Gasteiger charge is 2.37. The third kappa shape index (κ3) is 3.58. The summed E-state index contributed by atoms with van der Waals surface area (Å²) >= 11 is 2.71. The highest BCUT2D eigenvalue weighted by Crippen LogP contribution is 2.41. The minimum Gasteiger partial charge on any atom is -0.508 e. The van der Waals surface area contributed by atoms with E-state index in [4.69, 9.17) is 5.10 Å². The van der Waals surface area contributed by atoms with Crippen molar-refractivity contribution in [1.82, 2.24) is 5.01 Å². The van der Waals surface area contributed by atoms with Gasteiger partial charge in [0.2, 0.25) is 0 Å². The molecule has 0 bridgehead atoms. The van der Waals surface area contributed by atoms with Gasteiger partial charge in [-0.25, -0.2) is 5.01 Å². The van der Waals surface area contributed by atoms with Gasteiger partial charge in [0.15, 0.2) is 5.84 Å². The van der Waals surface area contributed by atoms with E-state index in [2.05, 4.69) is 4.99 Å². The summed E-state index contributed by atoms with van der Waals surface area (Å²) in [6.07, 6.45) is 2.57. The molecule has 2 aromatic carbocycles. The molecule has 1 amide bonds. The fourth-order valence-electron chi connectivity index (χ4n) is 3.59. The number of thioether (sulfide) groups is 1. The minimum atomic E-state index is -0.257. The molecule has 0 saturated carbocycles. The van der Waals surface area contributed by atoms with Crippen LogP contribution < -0.4 is 0 Å². The number of hydrazone groups is 1. The van der Waals surface area contributed by atoms with Crippen LogP contribution in [0, 0.1) is 0 Å². The highest BCUT2D eigenvalue weighted by molar-refractivity contribution is 8.18. The van der Waals surface area contributed by atoms with Crippen LogP contribution >= 0.6 is 23.1 Å². The van der Waals surface area contributed by atoms with Crippen LogP contribution in [0.1, 0.15) is 28.5 Å². The molecule has 2 aliphatic heterocycles. The maximum atomic E-state index is 12.2. The van der Waals surface area contributed by atoms with E-state index < -0.39 is 0 Å². The molecule has 1 atom stereocenters. The van der Waals surface area contributed by atoms with Gasteiger partial charge in [0.25, 0.3) is 0 Å². The Morgan fingerprint density at radius 2 is 1.83 bits per heavy atom. The molecule has 5 rings (SSSR count). The molecule has 1 N–H and O–H groups in total. The van der Waals surface area contributed by atoms with Gasteiger partial charge in [0.05, 0.1) is 16.7 Å². The lowest BCUT2D eigenvalue weighted by Crippen LogP contribution is -2.26. The van der Waals surface area contributed by atoms with Gasteiger partial charge in [-0.1, -0.05) is 54.6 Å². The van der Waals surface area contributed by atoms with E-state index in [9.17, 15) is 9.90 Å². The second-order valence-corrected chi connectivity index (χ2v) is 8.84. The first-order valence-electron chi connectivity index (χ1n) is 9.45. The van der Waals surface area contributed by atoms with Crippen LogP contribution in [0.5, 0.6) is 5.75 Å². The van der Waals surface area contributed by atoms with Gasteiger partial charge < -0.3 is 5.11 Å². The first-order valence-corrected chi connectivity index (χ1v) is 11.1. The molecular weight excluding hydrogens is 414 g/mol. The van der Waals surface area contributed by atoms with Gasteiger partial charge in [-0.3, -0.25) is 4.79 Å². The molecule has 30 heavy (non-hydrogen) atoms. The second kappa shape index (κ2) is 7.93. The van der Waals surface area contributed by atoms with Gasteiger partial charge in [-0.15, -0.1) is 11.3 Å². The Morgan fingerprint density at radius 3 is 2.60 bits per heavy atom. The Morgan fingerprint density at radius 1 is 1.03 bits per heavy atom. The van der Waals surface area contributed by atoms with Gasteiger partial charge >= 0.3 is 5.24 Å². The number of amides is 1. The number of phenols is 1. The van der Waals surface area contributed by atoms with Crippen molar-refractivity contribution in [3.8, 4) is 5.75 Å². The minimum absolute atomic E-state index is 0.207. The lowest BCUT2D eigenvalue weighted by atomic mass is 9.97. The molecule has 7 heteroatoms. The van der Waals surface area contributed by atoms with E-state index in [1.54, 1.807) is 28.5 Å². The number of amidine groups is 1. The molecule has 148 valence electrons. The third-order valence-corrected chi connectivity index (χ3v) is 6.57. The maximum absolute atomic E-state index is 12.2. The summed E-state index contributed by atoms with van der Waals surface area (Å²) in [5, 5.41) is 18.9. The molecule has 0 aliphatic carbocycles. The number of hydrogen-bond donors (Lipinski definition) is 1. The van der Waals surface area contributed by atoms with Crippen LogP contribution in [-0.4, -0.2) is 26.9 Å². The second-order valence-electron chi connectivity index (χ2n) is 6.86. The summed E-state index contributed by atoms with van der Waals surface area (Å²) in [5.41, 5.74) is 2.67. The molecule has 0 saturated heterocycles. The van der Waals surface area contributed by atoms with E-state index in [0.717, 1.165) is 38.4 Å². The summed E-state index contributed by atoms with van der Waals surface area (Å²) in [4.78, 5) is 18.3. The highest BCUT2D eigenvalue weighted by atomic mass is 32.2. The van der Waals surface area contributed by atoms with Gasteiger partial charge in [-0.2, -0.15) is 10.1 Å². The lowest BCUT2D eigenvalue weighted by molar-refractivity contribution is 0.267. The number of phenolic OH excluding ortho intramolecular Hbond substituents is 1. The summed E-state index contributed by atoms with van der Waals surface area (Å²) in [6.45, 7) is 0. The van der Waals surface area contributed by atoms with Crippen molar-refractivity contribution >= 4 is 46.0 Å². The summed E-state index contributed by atoms with van der Waals surface area (Å²) < 4.78 is 0. The Kier molecular flexibility index (Phi) is 4.98. The van der Waals surface area contributed by atoms with E-state index in [1.165, 1.54) is 0 Å². The average molecular weight is 432 g/mol. The molecule has 0 radical (unpaired) electrons. The molecule has 3 aromatic rings. The molecule has 2 aliphatic rings. The zero-order chi connectivity index (χ0) is 20.5. The van der Waals surface area contributed by atoms with Crippen molar-refractivity contribution in [2.24, 2.45) is 10.1 Å². The van der Waals surface area contributed by atoms with E-state index in [1.807, 2.05) is 66.1 Å². The molecular formula is C23H17N3O2S2. The maximum Gasteiger partial charge on any atom is 0.311 e. The fourth-order valence-corrected chi connectivity index (χ4v) is 5.06. The molecule has 0 spiro atoms. The monoisotopic (exact) mass is 431 g/mol. The van der Waals surface area contributed by atoms with Crippen molar-refractivity contribution < 1.29 is 9.90 Å². The topological polar surface area (TPSA) is 65.3 Å². The number of carbonyl (C=O) groups is 1. The molecule has 5 nitrogen and oxygen atoms in total.